The van der Waals surface area contributed by atoms with Crippen molar-refractivity contribution >= 4 is 9.84 Å². The molecule has 5 nitrogen and oxygen atoms in total. The van der Waals surface area contributed by atoms with Gasteiger partial charge in [0, 0.05) is 11.3 Å². The van der Waals surface area contributed by atoms with Crippen LogP contribution < -0.4 is 0 Å². The molecule has 0 aliphatic carbocycles. The topological polar surface area (TPSA) is 72.2 Å². The van der Waals surface area contributed by atoms with Crippen molar-refractivity contribution in [2.24, 2.45) is 0 Å². The van der Waals surface area contributed by atoms with Gasteiger partial charge < -0.3 is 5.11 Å². The minimum atomic E-state index is -3.06. The van der Waals surface area contributed by atoms with Gasteiger partial charge in [0.05, 0.1) is 29.8 Å². The summed E-state index contributed by atoms with van der Waals surface area (Å²) in [5.41, 5.74) is 2.66. The van der Waals surface area contributed by atoms with Crippen LogP contribution in [-0.2, 0) is 35.8 Å². The van der Waals surface area contributed by atoms with Crippen LogP contribution in [-0.4, -0.2) is 34.3 Å². The molecule has 1 aromatic rings. The number of aryl methyl sites for hydroxylation is 2. The van der Waals surface area contributed by atoms with Crippen LogP contribution in [0.5, 0.6) is 0 Å². The predicted octanol–water partition coefficient (Wildman–Crippen LogP) is 1.32. The average molecular weight is 288 g/mol. The molecule has 1 heterocycles. The van der Waals surface area contributed by atoms with Crippen molar-refractivity contribution in [1.29, 1.82) is 0 Å². The molecule has 0 amide bonds. The zero-order valence-corrected chi connectivity index (χ0v) is 13.0. The lowest BCUT2D eigenvalue weighted by Crippen LogP contribution is -2.22. The number of hydrogen-bond donors (Lipinski definition) is 1. The lowest BCUT2D eigenvalue weighted by molar-refractivity contribution is 0.279. The summed E-state index contributed by atoms with van der Waals surface area (Å²) in [6.07, 6.45) is 1.48. The molecule has 1 N–H and O–H groups in total. The van der Waals surface area contributed by atoms with E-state index < -0.39 is 9.84 Å². The first kappa shape index (κ1) is 16.2. The summed E-state index contributed by atoms with van der Waals surface area (Å²) in [5.74, 6) is 0.0906. The average Bonchev–Trinajstić information content (AvgIpc) is 2.72. The Bertz CT molecular complexity index is 518. The molecule has 1 rings (SSSR count). The molecule has 110 valence electrons. The normalized spacial score (nSPS) is 12.3. The van der Waals surface area contributed by atoms with Crippen LogP contribution in [0, 0.1) is 0 Å². The van der Waals surface area contributed by atoms with Gasteiger partial charge >= 0.3 is 0 Å². The standard InChI is InChI=1S/C13H24N2O3S/c1-5-12-11(9-16)13(6-2)15(14-12)7-8-19(17,18)10(3)4/h10,16H,5-9H2,1-4H3. The van der Waals surface area contributed by atoms with Gasteiger partial charge in [0.15, 0.2) is 9.84 Å². The fourth-order valence-electron chi connectivity index (χ4n) is 2.09. The lowest BCUT2D eigenvalue weighted by Gasteiger charge is -2.10. The largest absolute Gasteiger partial charge is 0.392 e. The van der Waals surface area contributed by atoms with Crippen molar-refractivity contribution in [2.45, 2.75) is 58.9 Å². The highest BCUT2D eigenvalue weighted by molar-refractivity contribution is 7.91. The second-order valence-corrected chi connectivity index (χ2v) is 7.55. The number of aliphatic hydroxyl groups is 1. The number of sulfone groups is 1. The van der Waals surface area contributed by atoms with Gasteiger partial charge in [0.25, 0.3) is 0 Å². The van der Waals surface area contributed by atoms with E-state index in [4.69, 9.17) is 0 Å². The summed E-state index contributed by atoms with van der Waals surface area (Å²) in [7, 11) is -3.06. The number of rotatable bonds is 7. The molecule has 0 unspecified atom stereocenters. The van der Waals surface area contributed by atoms with Crippen molar-refractivity contribution in [3.63, 3.8) is 0 Å². The third kappa shape index (κ3) is 3.57. The van der Waals surface area contributed by atoms with Crippen molar-refractivity contribution < 1.29 is 13.5 Å². The van der Waals surface area contributed by atoms with Crippen LogP contribution >= 0.6 is 0 Å². The molecule has 0 saturated heterocycles. The van der Waals surface area contributed by atoms with E-state index in [2.05, 4.69) is 5.10 Å². The monoisotopic (exact) mass is 288 g/mol. The summed E-state index contributed by atoms with van der Waals surface area (Å²) in [6, 6.07) is 0. The van der Waals surface area contributed by atoms with Crippen LogP contribution in [0.2, 0.25) is 0 Å². The fourth-order valence-corrected chi connectivity index (χ4v) is 2.98. The number of aromatic nitrogens is 2. The Morgan fingerprint density at radius 2 is 1.89 bits per heavy atom. The first-order chi connectivity index (χ1) is 8.87. The molecule has 0 radical (unpaired) electrons. The number of hydrogen-bond acceptors (Lipinski definition) is 4. The summed E-state index contributed by atoms with van der Waals surface area (Å²) >= 11 is 0. The minimum absolute atomic E-state index is 0.0384. The van der Waals surface area contributed by atoms with E-state index in [0.717, 1.165) is 29.8 Å². The minimum Gasteiger partial charge on any atom is -0.392 e. The molecular weight excluding hydrogens is 264 g/mol. The molecule has 0 atom stereocenters. The van der Waals surface area contributed by atoms with E-state index >= 15 is 0 Å². The third-order valence-corrected chi connectivity index (χ3v) is 5.57. The SMILES string of the molecule is CCc1nn(CCS(=O)(=O)C(C)C)c(CC)c1CO. The predicted molar refractivity (Wildman–Crippen MR) is 75.8 cm³/mol. The Hall–Kier alpha value is -0.880. The first-order valence-corrected chi connectivity index (χ1v) is 8.48. The highest BCUT2D eigenvalue weighted by Gasteiger charge is 2.19. The fraction of sp³-hybridized carbons (Fsp3) is 0.769. The summed E-state index contributed by atoms with van der Waals surface area (Å²) < 4.78 is 25.4. The van der Waals surface area contributed by atoms with E-state index in [1.54, 1.807) is 18.5 Å². The Kier molecular flexibility index (Phi) is 5.55. The number of nitrogens with zero attached hydrogens (tertiary/aromatic N) is 2. The smallest absolute Gasteiger partial charge is 0.154 e. The van der Waals surface area contributed by atoms with Crippen molar-refractivity contribution in [3.8, 4) is 0 Å². The van der Waals surface area contributed by atoms with E-state index in [1.807, 2.05) is 13.8 Å². The summed E-state index contributed by atoms with van der Waals surface area (Å²) in [6.45, 7) is 7.67. The maximum atomic E-state index is 11.8. The summed E-state index contributed by atoms with van der Waals surface area (Å²) in [4.78, 5) is 0. The maximum absolute atomic E-state index is 11.8. The van der Waals surface area contributed by atoms with Crippen LogP contribution in [0.1, 0.15) is 44.6 Å². The van der Waals surface area contributed by atoms with Crippen LogP contribution in [0.3, 0.4) is 0 Å². The molecule has 6 heteroatoms. The Labute approximate surface area is 115 Å². The highest BCUT2D eigenvalue weighted by atomic mass is 32.2. The van der Waals surface area contributed by atoms with Crippen molar-refractivity contribution in [2.75, 3.05) is 5.75 Å². The molecule has 0 saturated carbocycles. The third-order valence-electron chi connectivity index (χ3n) is 3.38. The molecular formula is C13H24N2O3S. The first-order valence-electron chi connectivity index (χ1n) is 6.77. The van der Waals surface area contributed by atoms with Crippen LogP contribution in [0.4, 0.5) is 0 Å². The highest BCUT2D eigenvalue weighted by Crippen LogP contribution is 2.16. The molecule has 0 fully saturated rings. The van der Waals surface area contributed by atoms with Gasteiger partial charge in [-0.2, -0.15) is 5.10 Å². The van der Waals surface area contributed by atoms with Gasteiger partial charge in [0.1, 0.15) is 0 Å². The molecule has 0 aliphatic heterocycles. The molecule has 19 heavy (non-hydrogen) atoms. The Balaban J connectivity index is 2.99. The van der Waals surface area contributed by atoms with E-state index in [-0.39, 0.29) is 17.6 Å². The maximum Gasteiger partial charge on any atom is 0.154 e. The summed E-state index contributed by atoms with van der Waals surface area (Å²) in [5, 5.41) is 13.5. The van der Waals surface area contributed by atoms with Gasteiger partial charge in [-0.05, 0) is 26.7 Å². The van der Waals surface area contributed by atoms with Gasteiger partial charge in [-0.1, -0.05) is 13.8 Å². The van der Waals surface area contributed by atoms with E-state index in [9.17, 15) is 13.5 Å². The molecule has 0 spiro atoms. The molecule has 0 aromatic carbocycles. The van der Waals surface area contributed by atoms with Crippen molar-refractivity contribution in [3.05, 3.63) is 17.0 Å². The Morgan fingerprint density at radius 1 is 1.26 bits per heavy atom. The van der Waals surface area contributed by atoms with Crippen molar-refractivity contribution in [1.82, 2.24) is 9.78 Å². The van der Waals surface area contributed by atoms with E-state index in [0.29, 0.717) is 6.54 Å². The van der Waals surface area contributed by atoms with Gasteiger partial charge in [-0.15, -0.1) is 0 Å². The Morgan fingerprint density at radius 3 is 2.32 bits per heavy atom. The number of aliphatic hydroxyl groups excluding tert-OH is 1. The zero-order chi connectivity index (χ0) is 14.6. The quantitative estimate of drug-likeness (QED) is 0.821. The molecule has 1 aromatic heterocycles. The van der Waals surface area contributed by atoms with Gasteiger partial charge in [-0.25, -0.2) is 8.42 Å². The second kappa shape index (κ2) is 6.52. The van der Waals surface area contributed by atoms with Crippen LogP contribution in [0.15, 0.2) is 0 Å². The lowest BCUT2D eigenvalue weighted by atomic mass is 10.1. The van der Waals surface area contributed by atoms with Crippen LogP contribution in [0.25, 0.3) is 0 Å². The molecule has 0 aliphatic rings. The molecule has 0 bridgehead atoms. The zero-order valence-electron chi connectivity index (χ0n) is 12.2. The van der Waals surface area contributed by atoms with E-state index in [1.165, 1.54) is 0 Å². The van der Waals surface area contributed by atoms with Gasteiger partial charge in [-0.3, -0.25) is 4.68 Å². The second-order valence-electron chi connectivity index (χ2n) is 4.88. The van der Waals surface area contributed by atoms with Gasteiger partial charge in [0.2, 0.25) is 0 Å².